The number of ether oxygens (including phenoxy) is 1. The number of carbonyl (C=O) groups is 1. The Morgan fingerprint density at radius 1 is 1.15 bits per heavy atom. The van der Waals surface area contributed by atoms with Gasteiger partial charge in [0, 0.05) is 12.6 Å². The molecule has 3 aromatic rings. The number of aryl methyl sites for hydroxylation is 1. The summed E-state index contributed by atoms with van der Waals surface area (Å²) in [5, 5.41) is 4.21. The zero-order valence-corrected chi connectivity index (χ0v) is 14.9. The van der Waals surface area contributed by atoms with Crippen molar-refractivity contribution in [3.8, 4) is 0 Å². The van der Waals surface area contributed by atoms with Gasteiger partial charge in [0.2, 0.25) is 0 Å². The first-order chi connectivity index (χ1) is 12.6. The highest BCUT2D eigenvalue weighted by molar-refractivity contribution is 5.69. The third-order valence-electron chi connectivity index (χ3n) is 4.34. The molecule has 6 heteroatoms. The molecule has 0 aliphatic heterocycles. The van der Waals surface area contributed by atoms with Crippen LogP contribution in [0.1, 0.15) is 25.3 Å². The first-order valence-corrected chi connectivity index (χ1v) is 8.87. The van der Waals surface area contributed by atoms with Crippen molar-refractivity contribution < 1.29 is 9.53 Å². The number of pyridine rings is 1. The summed E-state index contributed by atoms with van der Waals surface area (Å²) in [4.78, 5) is 24.1. The van der Waals surface area contributed by atoms with Crippen LogP contribution in [0.15, 0.2) is 59.5 Å². The Hall–Kier alpha value is -2.89. The second kappa shape index (κ2) is 8.47. The van der Waals surface area contributed by atoms with E-state index in [4.69, 9.17) is 4.74 Å². The van der Waals surface area contributed by atoms with Crippen LogP contribution in [-0.4, -0.2) is 26.8 Å². The maximum atomic E-state index is 12.1. The van der Waals surface area contributed by atoms with Crippen molar-refractivity contribution in [2.24, 2.45) is 5.92 Å². The molecule has 3 rings (SSSR count). The summed E-state index contributed by atoms with van der Waals surface area (Å²) < 4.78 is 8.06. The van der Waals surface area contributed by atoms with Crippen LogP contribution >= 0.6 is 0 Å². The fourth-order valence-corrected chi connectivity index (χ4v) is 2.86. The highest BCUT2D eigenvalue weighted by Gasteiger charge is 2.12. The molecular formula is C20H23N3O3. The Labute approximate surface area is 152 Å². The number of fused-ring (bicyclic) bond motifs is 1. The van der Waals surface area contributed by atoms with Gasteiger partial charge in [-0.15, -0.1) is 5.10 Å². The van der Waals surface area contributed by atoms with Crippen molar-refractivity contribution in [3.63, 3.8) is 0 Å². The van der Waals surface area contributed by atoms with Crippen LogP contribution in [0.4, 0.5) is 0 Å². The van der Waals surface area contributed by atoms with Crippen molar-refractivity contribution in [1.29, 1.82) is 0 Å². The van der Waals surface area contributed by atoms with Gasteiger partial charge in [-0.1, -0.05) is 43.3 Å². The maximum Gasteiger partial charge on any atom is 0.350 e. The normalized spacial score (nSPS) is 12.2. The summed E-state index contributed by atoms with van der Waals surface area (Å²) in [7, 11) is 0. The lowest BCUT2D eigenvalue weighted by Gasteiger charge is -2.11. The average Bonchev–Trinajstić information content (AvgIpc) is 2.97. The molecule has 0 N–H and O–H groups in total. The van der Waals surface area contributed by atoms with Crippen LogP contribution in [-0.2, 0) is 22.5 Å². The van der Waals surface area contributed by atoms with Crippen LogP contribution in [0.5, 0.6) is 0 Å². The highest BCUT2D eigenvalue weighted by atomic mass is 16.5. The van der Waals surface area contributed by atoms with Crippen LogP contribution in [0.3, 0.4) is 0 Å². The molecular weight excluding hydrogens is 330 g/mol. The molecule has 0 spiro atoms. The number of aromatic nitrogens is 3. The summed E-state index contributed by atoms with van der Waals surface area (Å²) in [6.45, 7) is 2.45. The second-order valence-electron chi connectivity index (χ2n) is 6.49. The second-order valence-corrected chi connectivity index (χ2v) is 6.49. The van der Waals surface area contributed by atoms with Gasteiger partial charge in [-0.2, -0.15) is 0 Å². The summed E-state index contributed by atoms with van der Waals surface area (Å²) in [5.74, 6) is 0.0167. The predicted molar refractivity (Wildman–Crippen MR) is 99.0 cm³/mol. The quantitative estimate of drug-likeness (QED) is 0.584. The summed E-state index contributed by atoms with van der Waals surface area (Å²) >= 11 is 0. The van der Waals surface area contributed by atoms with Gasteiger partial charge >= 0.3 is 11.7 Å². The molecule has 0 fully saturated rings. The van der Waals surface area contributed by atoms with Gasteiger partial charge in [-0.05, 0) is 36.5 Å². The minimum atomic E-state index is -0.234. The predicted octanol–water partition coefficient (Wildman–Crippen LogP) is 2.70. The van der Waals surface area contributed by atoms with E-state index in [0.29, 0.717) is 12.1 Å². The Morgan fingerprint density at radius 3 is 2.69 bits per heavy atom. The van der Waals surface area contributed by atoms with E-state index in [2.05, 4.69) is 24.2 Å². The fourth-order valence-electron chi connectivity index (χ4n) is 2.86. The number of hydrogen-bond acceptors (Lipinski definition) is 4. The molecule has 0 aliphatic rings. The monoisotopic (exact) mass is 353 g/mol. The topological polar surface area (TPSA) is 65.6 Å². The zero-order chi connectivity index (χ0) is 18.4. The Balaban J connectivity index is 1.42. The van der Waals surface area contributed by atoms with Crippen LogP contribution in [0.2, 0.25) is 0 Å². The van der Waals surface area contributed by atoms with E-state index in [0.717, 1.165) is 12.8 Å². The molecule has 0 bridgehead atoms. The van der Waals surface area contributed by atoms with Crippen LogP contribution < -0.4 is 5.69 Å². The van der Waals surface area contributed by atoms with E-state index in [1.165, 1.54) is 14.6 Å². The molecule has 0 amide bonds. The smallest absolute Gasteiger partial charge is 0.350 e. The number of benzene rings is 1. The molecule has 0 saturated heterocycles. The highest BCUT2D eigenvalue weighted by Crippen LogP contribution is 2.13. The van der Waals surface area contributed by atoms with Gasteiger partial charge in [-0.25, -0.2) is 9.48 Å². The molecule has 1 aromatic carbocycles. The molecule has 0 aliphatic carbocycles. The zero-order valence-electron chi connectivity index (χ0n) is 14.9. The van der Waals surface area contributed by atoms with E-state index in [1.54, 1.807) is 18.3 Å². The summed E-state index contributed by atoms with van der Waals surface area (Å²) in [6.07, 6.45) is 3.94. The SMILES string of the molecule is CC(CCc1ccccc1)CC(=O)OCCn1nc2ccccn2c1=O. The van der Waals surface area contributed by atoms with Gasteiger partial charge in [-0.3, -0.25) is 9.20 Å². The number of carbonyl (C=O) groups excluding carboxylic acids is 1. The first-order valence-electron chi connectivity index (χ1n) is 8.87. The standard InChI is InChI=1S/C20H23N3O3/c1-16(10-11-17-7-3-2-4-8-17)15-19(24)26-14-13-23-20(25)22-12-6-5-9-18(22)21-23/h2-9,12,16H,10-11,13-15H2,1H3. The minimum absolute atomic E-state index is 0.147. The van der Waals surface area contributed by atoms with Crippen molar-refractivity contribution in [2.75, 3.05) is 6.61 Å². The molecule has 136 valence electrons. The van der Waals surface area contributed by atoms with E-state index < -0.39 is 0 Å². The summed E-state index contributed by atoms with van der Waals surface area (Å²) in [6, 6.07) is 15.6. The first kappa shape index (κ1) is 17.9. The summed E-state index contributed by atoms with van der Waals surface area (Å²) in [5.41, 5.74) is 1.63. The van der Waals surface area contributed by atoms with E-state index in [9.17, 15) is 9.59 Å². The van der Waals surface area contributed by atoms with Gasteiger partial charge in [0.1, 0.15) is 6.61 Å². The van der Waals surface area contributed by atoms with Crippen molar-refractivity contribution in [3.05, 3.63) is 70.8 Å². The van der Waals surface area contributed by atoms with Crippen molar-refractivity contribution in [1.82, 2.24) is 14.2 Å². The van der Waals surface area contributed by atoms with E-state index >= 15 is 0 Å². The molecule has 0 radical (unpaired) electrons. The Bertz CT molecular complexity index is 915. The maximum absolute atomic E-state index is 12.1. The van der Waals surface area contributed by atoms with Crippen LogP contribution in [0, 0.1) is 5.92 Å². The fraction of sp³-hybridized carbons (Fsp3) is 0.350. The van der Waals surface area contributed by atoms with Gasteiger partial charge in [0.25, 0.3) is 0 Å². The number of nitrogens with zero attached hydrogens (tertiary/aromatic N) is 3. The Morgan fingerprint density at radius 2 is 1.92 bits per heavy atom. The molecule has 0 saturated carbocycles. The molecule has 1 atom stereocenters. The van der Waals surface area contributed by atoms with E-state index in [1.807, 2.05) is 24.3 Å². The molecule has 1 unspecified atom stereocenters. The third kappa shape index (κ3) is 4.59. The molecule has 2 heterocycles. The lowest BCUT2D eigenvalue weighted by Crippen LogP contribution is -2.24. The lowest BCUT2D eigenvalue weighted by atomic mass is 9.98. The van der Waals surface area contributed by atoms with Crippen LogP contribution in [0.25, 0.3) is 5.65 Å². The number of rotatable bonds is 8. The number of hydrogen-bond donors (Lipinski definition) is 0. The molecule has 2 aromatic heterocycles. The Kier molecular flexibility index (Phi) is 5.84. The van der Waals surface area contributed by atoms with E-state index in [-0.39, 0.29) is 30.7 Å². The lowest BCUT2D eigenvalue weighted by molar-refractivity contribution is -0.145. The average molecular weight is 353 g/mol. The minimum Gasteiger partial charge on any atom is -0.464 e. The number of esters is 1. The molecule has 26 heavy (non-hydrogen) atoms. The van der Waals surface area contributed by atoms with Gasteiger partial charge < -0.3 is 4.74 Å². The van der Waals surface area contributed by atoms with Gasteiger partial charge in [0.15, 0.2) is 5.65 Å². The third-order valence-corrected chi connectivity index (χ3v) is 4.34. The van der Waals surface area contributed by atoms with Crippen molar-refractivity contribution in [2.45, 2.75) is 32.7 Å². The molecule has 6 nitrogen and oxygen atoms in total. The van der Waals surface area contributed by atoms with Crippen molar-refractivity contribution >= 4 is 11.6 Å². The van der Waals surface area contributed by atoms with Gasteiger partial charge in [0.05, 0.1) is 6.54 Å². The largest absolute Gasteiger partial charge is 0.464 e.